The summed E-state index contributed by atoms with van der Waals surface area (Å²) >= 11 is 0. The van der Waals surface area contributed by atoms with Crippen molar-refractivity contribution in [2.75, 3.05) is 12.4 Å². The molecule has 1 aromatic heterocycles. The Kier molecular flexibility index (Phi) is 14.7. The van der Waals surface area contributed by atoms with Gasteiger partial charge < -0.3 is 5.11 Å². The van der Waals surface area contributed by atoms with Gasteiger partial charge in [-0.2, -0.15) is 0 Å². The smallest absolute Gasteiger partial charge is 0.287 e. The van der Waals surface area contributed by atoms with E-state index in [9.17, 15) is 10.1 Å². The van der Waals surface area contributed by atoms with E-state index in [2.05, 4.69) is 17.8 Å². The van der Waals surface area contributed by atoms with Gasteiger partial charge in [-0.05, 0) is 16.9 Å². The van der Waals surface area contributed by atoms with E-state index in [0.29, 0.717) is 10.8 Å². The fourth-order valence-electron chi connectivity index (χ4n) is 0.669. The summed E-state index contributed by atoms with van der Waals surface area (Å²) in [6, 6.07) is 3.00. The maximum absolute atomic E-state index is 10.3. The predicted octanol–water partition coefficient (Wildman–Crippen LogP) is 3.00. The predicted molar refractivity (Wildman–Crippen MR) is 77.5 cm³/mol. The van der Waals surface area contributed by atoms with Crippen LogP contribution in [0.4, 0.5) is 5.69 Å². The van der Waals surface area contributed by atoms with Gasteiger partial charge >= 0.3 is 0 Å². The Labute approximate surface area is 115 Å². The number of terminal acetylenes is 1. The van der Waals surface area contributed by atoms with Crippen LogP contribution in [0.5, 0.6) is 0 Å². The normalized spacial score (nSPS) is 8.28. The third-order valence-electron chi connectivity index (χ3n) is 1.25. The van der Waals surface area contributed by atoms with Gasteiger partial charge in [-0.25, -0.2) is 4.98 Å². The molecule has 1 N–H and O–H groups in total. The molecule has 0 spiro atoms. The molecule has 0 saturated heterocycles. The number of aromatic nitrogens is 1. The highest BCUT2D eigenvalue weighted by Crippen LogP contribution is 2.29. The Morgan fingerprint density at radius 3 is 2.44 bits per heavy atom. The molecule has 0 atom stereocenters. The zero-order valence-corrected chi connectivity index (χ0v) is 11.9. The summed E-state index contributed by atoms with van der Waals surface area (Å²) in [7, 11) is 2.84. The Morgan fingerprint density at radius 2 is 2.06 bits per heavy atom. The average molecular weight is 288 g/mol. The highest BCUT2D eigenvalue weighted by molar-refractivity contribution is 8.76. The lowest BCUT2D eigenvalue weighted by molar-refractivity contribution is -0.385. The van der Waals surface area contributed by atoms with Crippen molar-refractivity contribution >= 4 is 27.3 Å². The molecule has 0 aromatic carbocycles. The molecule has 0 bridgehead atoms. The summed E-state index contributed by atoms with van der Waals surface area (Å²) in [4.78, 5) is 13.7. The summed E-state index contributed by atoms with van der Waals surface area (Å²) in [5.41, 5.74) is -0.0125. The van der Waals surface area contributed by atoms with Gasteiger partial charge in [0, 0.05) is 11.8 Å². The molecular formula is C11H16N2O3S2. The van der Waals surface area contributed by atoms with E-state index in [1.54, 1.807) is 6.07 Å². The van der Waals surface area contributed by atoms with Crippen molar-refractivity contribution in [3.8, 4) is 12.8 Å². The van der Waals surface area contributed by atoms with E-state index < -0.39 is 4.92 Å². The zero-order chi connectivity index (χ0) is 14.4. The van der Waals surface area contributed by atoms with E-state index in [1.165, 1.54) is 33.9 Å². The first kappa shape index (κ1) is 19.1. The van der Waals surface area contributed by atoms with Gasteiger partial charge in [0.15, 0.2) is 0 Å². The second kappa shape index (κ2) is 13.8. The molecule has 0 aliphatic carbocycles. The van der Waals surface area contributed by atoms with Crippen molar-refractivity contribution in [3.63, 3.8) is 0 Å². The van der Waals surface area contributed by atoms with Gasteiger partial charge in [0.05, 0.1) is 11.5 Å². The lowest BCUT2D eigenvalue weighted by Gasteiger charge is -1.97. The van der Waals surface area contributed by atoms with Gasteiger partial charge in [-0.3, -0.25) is 10.1 Å². The molecule has 0 unspecified atom stereocenters. The third kappa shape index (κ3) is 8.87. The third-order valence-corrected chi connectivity index (χ3v) is 3.50. The van der Waals surface area contributed by atoms with Crippen LogP contribution in [-0.2, 0) is 0 Å². The van der Waals surface area contributed by atoms with Crippen LogP contribution in [-0.4, -0.2) is 27.4 Å². The molecule has 1 rings (SSSR count). The van der Waals surface area contributed by atoms with Crippen LogP contribution in [0.3, 0.4) is 0 Å². The topological polar surface area (TPSA) is 76.3 Å². The number of aliphatic hydroxyl groups excluding tert-OH is 1. The molecule has 0 radical (unpaired) electrons. The molecular weight excluding hydrogens is 272 g/mol. The SMILES string of the molecule is C#C.CC.O=[N+]([O-])c1ccc(SSCCO)nc1. The number of hydrogen-bond donors (Lipinski definition) is 1. The quantitative estimate of drug-likeness (QED) is 0.295. The minimum absolute atomic E-state index is 0.0125. The van der Waals surface area contributed by atoms with E-state index in [1.807, 2.05) is 13.8 Å². The number of nitro groups is 1. The maximum Gasteiger partial charge on any atom is 0.287 e. The summed E-state index contributed by atoms with van der Waals surface area (Å²) in [6.45, 7) is 4.12. The van der Waals surface area contributed by atoms with Gasteiger partial charge in [-0.1, -0.05) is 24.6 Å². The summed E-state index contributed by atoms with van der Waals surface area (Å²) in [5.74, 6) is 0.614. The van der Waals surface area contributed by atoms with E-state index >= 15 is 0 Å². The van der Waals surface area contributed by atoms with Crippen molar-refractivity contribution in [2.45, 2.75) is 18.9 Å². The van der Waals surface area contributed by atoms with Crippen LogP contribution in [0.2, 0.25) is 0 Å². The van der Waals surface area contributed by atoms with E-state index in [-0.39, 0.29) is 12.3 Å². The zero-order valence-electron chi connectivity index (χ0n) is 10.3. The van der Waals surface area contributed by atoms with Crippen LogP contribution in [0.1, 0.15) is 13.8 Å². The monoisotopic (exact) mass is 288 g/mol. The van der Waals surface area contributed by atoms with Crippen LogP contribution in [0.15, 0.2) is 23.4 Å². The highest BCUT2D eigenvalue weighted by atomic mass is 33.1. The summed E-state index contributed by atoms with van der Waals surface area (Å²) in [6.07, 6.45) is 9.22. The van der Waals surface area contributed by atoms with Crippen LogP contribution in [0.25, 0.3) is 0 Å². The standard InChI is InChI=1S/C7H8N2O3S2.C2H6.C2H2/c10-3-4-13-14-7-2-1-6(5-8-7)9(11)12;2*1-2/h1-2,5,10H,3-4H2;1-2H3;1-2H. The molecule has 0 saturated carbocycles. The Morgan fingerprint density at radius 1 is 1.44 bits per heavy atom. The molecule has 0 aliphatic heterocycles. The van der Waals surface area contributed by atoms with Crippen molar-refractivity contribution < 1.29 is 10.0 Å². The van der Waals surface area contributed by atoms with Crippen molar-refractivity contribution in [2.24, 2.45) is 0 Å². The minimum atomic E-state index is -0.484. The largest absolute Gasteiger partial charge is 0.395 e. The van der Waals surface area contributed by atoms with Gasteiger partial charge in [0.25, 0.3) is 5.69 Å². The second-order valence-electron chi connectivity index (χ2n) is 2.24. The number of nitrogens with zero attached hydrogens (tertiary/aromatic N) is 2. The molecule has 0 aliphatic rings. The van der Waals surface area contributed by atoms with Crippen LogP contribution < -0.4 is 0 Å². The number of aliphatic hydroxyl groups is 1. The molecule has 1 heterocycles. The van der Waals surface area contributed by atoms with Crippen molar-refractivity contribution in [1.82, 2.24) is 4.98 Å². The maximum atomic E-state index is 10.3. The molecule has 1 aromatic rings. The lowest BCUT2D eigenvalue weighted by Crippen LogP contribution is -1.89. The number of pyridine rings is 1. The lowest BCUT2D eigenvalue weighted by atomic mass is 10.4. The Bertz CT molecular complexity index is 342. The number of rotatable bonds is 5. The number of hydrogen-bond acceptors (Lipinski definition) is 6. The van der Waals surface area contributed by atoms with Gasteiger partial charge in [-0.15, -0.1) is 12.8 Å². The molecule has 7 heteroatoms. The fraction of sp³-hybridized carbons (Fsp3) is 0.364. The first-order chi connectivity index (χ1) is 8.74. The van der Waals surface area contributed by atoms with Gasteiger partial charge in [0.2, 0.25) is 0 Å². The average Bonchev–Trinajstić information content (AvgIpc) is 2.44. The minimum Gasteiger partial charge on any atom is -0.395 e. The molecule has 0 fully saturated rings. The first-order valence-electron chi connectivity index (χ1n) is 5.08. The Balaban J connectivity index is 0. The van der Waals surface area contributed by atoms with Crippen molar-refractivity contribution in [1.29, 1.82) is 0 Å². The molecule has 100 valence electrons. The molecule has 5 nitrogen and oxygen atoms in total. The van der Waals surface area contributed by atoms with Crippen LogP contribution in [0, 0.1) is 23.0 Å². The van der Waals surface area contributed by atoms with Crippen LogP contribution >= 0.6 is 21.6 Å². The summed E-state index contributed by atoms with van der Waals surface area (Å²) < 4.78 is 0. The van der Waals surface area contributed by atoms with E-state index in [4.69, 9.17) is 5.11 Å². The summed E-state index contributed by atoms with van der Waals surface area (Å²) in [5, 5.41) is 19.5. The highest BCUT2D eigenvalue weighted by Gasteiger charge is 2.05. The molecule has 18 heavy (non-hydrogen) atoms. The van der Waals surface area contributed by atoms with Gasteiger partial charge in [0.1, 0.15) is 11.2 Å². The fourth-order valence-corrected chi connectivity index (χ4v) is 2.30. The van der Waals surface area contributed by atoms with E-state index in [0.717, 1.165) is 0 Å². The second-order valence-corrected chi connectivity index (χ2v) is 4.68. The van der Waals surface area contributed by atoms with Crippen molar-refractivity contribution in [3.05, 3.63) is 28.4 Å². The Hall–Kier alpha value is -1.23. The first-order valence-corrected chi connectivity index (χ1v) is 7.40. The molecule has 0 amide bonds.